The maximum Gasteiger partial charge on any atom is 0.159 e. The molecule has 6 heteroatoms. The van der Waals surface area contributed by atoms with Gasteiger partial charge in [0.05, 0.1) is 16.7 Å². The second-order valence-electron chi connectivity index (χ2n) is 14.2. The van der Waals surface area contributed by atoms with Crippen molar-refractivity contribution in [1.29, 1.82) is 0 Å². The van der Waals surface area contributed by atoms with E-state index in [1.54, 1.807) is 0 Å². The highest BCUT2D eigenvalue weighted by molar-refractivity contribution is 7.25. The van der Waals surface area contributed by atoms with Crippen LogP contribution in [-0.2, 0) is 0 Å². The molecule has 3 aromatic heterocycles. The van der Waals surface area contributed by atoms with E-state index < -0.39 is 0 Å². The Kier molecular flexibility index (Phi) is 6.50. The Morgan fingerprint density at radius 1 is 0.527 bits per heavy atom. The molecule has 258 valence electrons. The second-order valence-corrected chi connectivity index (χ2v) is 15.3. The van der Waals surface area contributed by atoms with Crippen molar-refractivity contribution < 1.29 is 4.42 Å². The number of hydrogen-bond acceptors (Lipinski definition) is 5. The van der Waals surface area contributed by atoms with Gasteiger partial charge in [-0.05, 0) is 64.9 Å². The molecule has 1 aliphatic rings. The number of aliphatic imine (C=N–C) groups is 2. The molecule has 0 bridgehead atoms. The van der Waals surface area contributed by atoms with Gasteiger partial charge < -0.3 is 14.3 Å². The molecule has 0 saturated heterocycles. The van der Waals surface area contributed by atoms with Crippen LogP contribution in [0.4, 0.5) is 0 Å². The first-order chi connectivity index (χ1) is 27.2. The SMILES string of the molecule is c1ccc(C2=NC(c3cc(-n4c5ccccc5c5cc6ccccc6cc54)c4oc5ccccc5c4c3)=NC(c3ccc4c(c3)sc3ccccc34)N2)cc1. The topological polar surface area (TPSA) is 54.8 Å². The number of rotatable bonds is 4. The molecule has 8 aromatic carbocycles. The maximum absolute atomic E-state index is 6.77. The van der Waals surface area contributed by atoms with E-state index in [9.17, 15) is 0 Å². The van der Waals surface area contributed by atoms with E-state index in [4.69, 9.17) is 14.4 Å². The van der Waals surface area contributed by atoms with Crippen LogP contribution in [0, 0.1) is 0 Å². The van der Waals surface area contributed by atoms with Gasteiger partial charge >= 0.3 is 0 Å². The predicted molar refractivity (Wildman–Crippen MR) is 230 cm³/mol. The Balaban J connectivity index is 1.13. The molecule has 4 heterocycles. The van der Waals surface area contributed by atoms with E-state index in [2.05, 4.69) is 162 Å². The normalized spacial score (nSPS) is 14.7. The van der Waals surface area contributed by atoms with Crippen molar-refractivity contribution in [2.75, 3.05) is 0 Å². The summed E-state index contributed by atoms with van der Waals surface area (Å²) in [6, 6.07) is 60.2. The van der Waals surface area contributed by atoms with Gasteiger partial charge in [-0.25, -0.2) is 9.98 Å². The van der Waals surface area contributed by atoms with Crippen molar-refractivity contribution in [2.45, 2.75) is 6.17 Å². The number of aromatic nitrogens is 1. The number of nitrogens with zero attached hydrogens (tertiary/aromatic N) is 3. The highest BCUT2D eigenvalue weighted by Crippen LogP contribution is 2.41. The number of benzene rings is 8. The van der Waals surface area contributed by atoms with Crippen molar-refractivity contribution in [1.82, 2.24) is 9.88 Å². The molecule has 1 aliphatic heterocycles. The zero-order chi connectivity index (χ0) is 36.0. The van der Waals surface area contributed by atoms with E-state index in [-0.39, 0.29) is 6.17 Å². The van der Waals surface area contributed by atoms with Gasteiger partial charge in [-0.3, -0.25) is 0 Å². The lowest BCUT2D eigenvalue weighted by atomic mass is 10.0. The fourth-order valence-corrected chi connectivity index (χ4v) is 9.58. The van der Waals surface area contributed by atoms with Crippen LogP contribution in [0.2, 0.25) is 0 Å². The lowest BCUT2D eigenvalue weighted by Crippen LogP contribution is -2.33. The molecule has 0 fully saturated rings. The number of furan rings is 1. The van der Waals surface area contributed by atoms with Crippen molar-refractivity contribution in [3.63, 3.8) is 0 Å². The third kappa shape index (κ3) is 4.72. The summed E-state index contributed by atoms with van der Waals surface area (Å²) in [4.78, 5) is 10.7. The molecular formula is C49H30N4OS. The number of hydrogen-bond donors (Lipinski definition) is 1. The van der Waals surface area contributed by atoms with Crippen LogP contribution in [0.15, 0.2) is 184 Å². The van der Waals surface area contributed by atoms with Crippen molar-refractivity contribution in [3.05, 3.63) is 187 Å². The van der Waals surface area contributed by atoms with Gasteiger partial charge in [-0.1, -0.05) is 121 Å². The molecule has 0 aliphatic carbocycles. The van der Waals surface area contributed by atoms with E-state index in [1.807, 2.05) is 29.5 Å². The maximum atomic E-state index is 6.77. The average molecular weight is 723 g/mol. The highest BCUT2D eigenvalue weighted by atomic mass is 32.1. The molecular weight excluding hydrogens is 693 g/mol. The highest BCUT2D eigenvalue weighted by Gasteiger charge is 2.25. The summed E-state index contributed by atoms with van der Waals surface area (Å²) >= 11 is 1.82. The zero-order valence-electron chi connectivity index (χ0n) is 29.4. The summed E-state index contributed by atoms with van der Waals surface area (Å²) < 4.78 is 11.7. The molecule has 0 saturated carbocycles. The third-order valence-corrected chi connectivity index (χ3v) is 12.1. The second kappa shape index (κ2) is 11.7. The van der Waals surface area contributed by atoms with Gasteiger partial charge in [0.1, 0.15) is 17.6 Å². The molecule has 55 heavy (non-hydrogen) atoms. The van der Waals surface area contributed by atoms with Crippen LogP contribution in [0.25, 0.3) is 80.4 Å². The molecule has 11 aromatic rings. The Bertz CT molecular complexity index is 3420. The lowest BCUT2D eigenvalue weighted by Gasteiger charge is -2.24. The largest absolute Gasteiger partial charge is 0.454 e. The monoisotopic (exact) mass is 722 g/mol. The predicted octanol–water partition coefficient (Wildman–Crippen LogP) is 12.7. The third-order valence-electron chi connectivity index (χ3n) is 11.0. The number of thiophene rings is 1. The fraction of sp³-hybridized carbons (Fsp3) is 0.0204. The molecule has 0 radical (unpaired) electrons. The summed E-state index contributed by atoms with van der Waals surface area (Å²) in [5.74, 6) is 1.45. The van der Waals surface area contributed by atoms with E-state index in [0.717, 1.165) is 61.2 Å². The van der Waals surface area contributed by atoms with Gasteiger partial charge in [0.15, 0.2) is 11.4 Å². The summed E-state index contributed by atoms with van der Waals surface area (Å²) in [5, 5.41) is 13.1. The molecule has 1 N–H and O–H groups in total. The number of nitrogens with one attached hydrogen (secondary N) is 1. The minimum atomic E-state index is -0.350. The first kappa shape index (κ1) is 30.4. The van der Waals surface area contributed by atoms with Crippen molar-refractivity contribution in [2.24, 2.45) is 9.98 Å². The molecule has 1 unspecified atom stereocenters. The van der Waals surface area contributed by atoms with Crippen molar-refractivity contribution >= 4 is 97.7 Å². The first-order valence-electron chi connectivity index (χ1n) is 18.5. The minimum Gasteiger partial charge on any atom is -0.454 e. The van der Waals surface area contributed by atoms with Gasteiger partial charge in [-0.15, -0.1) is 11.3 Å². The van der Waals surface area contributed by atoms with Crippen LogP contribution in [0.5, 0.6) is 0 Å². The summed E-state index contributed by atoms with van der Waals surface area (Å²) in [6.07, 6.45) is -0.350. The van der Waals surface area contributed by atoms with Crippen LogP contribution in [-0.4, -0.2) is 16.2 Å². The number of para-hydroxylation sites is 2. The van der Waals surface area contributed by atoms with E-state index >= 15 is 0 Å². The summed E-state index contributed by atoms with van der Waals surface area (Å²) in [7, 11) is 0. The first-order valence-corrected chi connectivity index (χ1v) is 19.3. The molecule has 5 nitrogen and oxygen atoms in total. The standard InChI is InChI=1S/C49H30N4OS/c1-2-12-29(13-3-1)47-50-48(32-22-23-37-36-18-8-11-21-44(36)55-45(37)28-32)52-49(51-47)33-25-39-35-17-7-10-20-43(35)54-46(39)42(27-33)53-40-19-9-6-16-34(40)38-24-30-14-4-5-15-31(30)26-41(38)53/h1-28,48H,(H,50,51,52). The zero-order valence-corrected chi connectivity index (χ0v) is 30.2. The number of amidine groups is 2. The Morgan fingerprint density at radius 3 is 2.15 bits per heavy atom. The van der Waals surface area contributed by atoms with Crippen LogP contribution < -0.4 is 5.32 Å². The van der Waals surface area contributed by atoms with Crippen LogP contribution in [0.1, 0.15) is 22.9 Å². The van der Waals surface area contributed by atoms with E-state index in [1.165, 1.54) is 41.7 Å². The molecule has 1 atom stereocenters. The van der Waals surface area contributed by atoms with Gasteiger partial charge in [0.25, 0.3) is 0 Å². The Labute approximate surface area is 319 Å². The quantitative estimate of drug-likeness (QED) is 0.197. The van der Waals surface area contributed by atoms with Gasteiger partial charge in [0, 0.05) is 52.8 Å². The lowest BCUT2D eigenvalue weighted by molar-refractivity contribution is 0.666. The molecule has 0 amide bonds. The van der Waals surface area contributed by atoms with Crippen LogP contribution in [0.3, 0.4) is 0 Å². The summed E-state index contributed by atoms with van der Waals surface area (Å²) in [5.41, 5.74) is 7.87. The van der Waals surface area contributed by atoms with Crippen LogP contribution >= 0.6 is 11.3 Å². The smallest absolute Gasteiger partial charge is 0.159 e. The van der Waals surface area contributed by atoms with Gasteiger partial charge in [0.2, 0.25) is 0 Å². The summed E-state index contributed by atoms with van der Waals surface area (Å²) in [6.45, 7) is 0. The Morgan fingerprint density at radius 2 is 1.25 bits per heavy atom. The van der Waals surface area contributed by atoms with Gasteiger partial charge in [-0.2, -0.15) is 0 Å². The molecule has 12 rings (SSSR count). The molecule has 0 spiro atoms. The Hall–Kier alpha value is -7.02. The average Bonchev–Trinajstić information content (AvgIpc) is 3.92. The fourth-order valence-electron chi connectivity index (χ4n) is 8.42. The van der Waals surface area contributed by atoms with Crippen molar-refractivity contribution in [3.8, 4) is 5.69 Å². The van der Waals surface area contributed by atoms with E-state index in [0.29, 0.717) is 5.84 Å². The minimum absolute atomic E-state index is 0.350. The number of fused-ring (bicyclic) bond motifs is 10.